The zero-order valence-corrected chi connectivity index (χ0v) is 15.2. The number of alkyl halides is 1. The quantitative estimate of drug-likeness (QED) is 0.844. The molecule has 2 aliphatic rings. The summed E-state index contributed by atoms with van der Waals surface area (Å²) in [5.74, 6) is -0.307. The lowest BCUT2D eigenvalue weighted by molar-refractivity contribution is 0.277. The van der Waals surface area contributed by atoms with Crippen LogP contribution in [0, 0.1) is 12.7 Å². The highest BCUT2D eigenvalue weighted by Crippen LogP contribution is 2.34. The predicted octanol–water partition coefficient (Wildman–Crippen LogP) is 3.54. The summed E-state index contributed by atoms with van der Waals surface area (Å²) < 4.78 is 30.4. The Labute approximate surface area is 155 Å². The van der Waals surface area contributed by atoms with Crippen LogP contribution in [0.15, 0.2) is 27.8 Å². The number of H-pyrrole nitrogens is 1. The lowest BCUT2D eigenvalue weighted by Gasteiger charge is -2.31. The van der Waals surface area contributed by atoms with Gasteiger partial charge in [-0.25, -0.2) is 13.6 Å². The minimum atomic E-state index is -1.47. The number of nitrogens with zero attached hydrogens (tertiary/aromatic N) is 1. The minimum Gasteiger partial charge on any atom is -0.361 e. The standard InChI is InChI=1S/C20H23F2N3O2/c1-11-7-8-15(21)13(9-11)17-16(22)10-14-18(23-17)24-20(27)25(19(14)26)12-5-3-2-4-6-12/h7-9,12,16-17,23H,2-6,10H2,1H3,(H,24,27)/t16-,17-/m0/s1. The number of hydrogen-bond donors (Lipinski definition) is 2. The lowest BCUT2D eigenvalue weighted by atomic mass is 9.92. The molecule has 1 saturated carbocycles. The largest absolute Gasteiger partial charge is 0.361 e. The van der Waals surface area contributed by atoms with Gasteiger partial charge in [0.25, 0.3) is 5.56 Å². The highest BCUT2D eigenvalue weighted by Gasteiger charge is 2.34. The van der Waals surface area contributed by atoms with E-state index in [0.29, 0.717) is 0 Å². The van der Waals surface area contributed by atoms with Gasteiger partial charge < -0.3 is 5.32 Å². The van der Waals surface area contributed by atoms with Crippen molar-refractivity contribution in [2.45, 2.75) is 63.7 Å². The monoisotopic (exact) mass is 375 g/mol. The molecular weight excluding hydrogens is 352 g/mol. The van der Waals surface area contributed by atoms with E-state index < -0.39 is 29.3 Å². The molecule has 2 heterocycles. The molecule has 7 heteroatoms. The van der Waals surface area contributed by atoms with Crippen molar-refractivity contribution in [3.63, 3.8) is 0 Å². The summed E-state index contributed by atoms with van der Waals surface area (Å²) in [6, 6.07) is 3.43. The van der Waals surface area contributed by atoms with Gasteiger partial charge in [0, 0.05) is 18.0 Å². The van der Waals surface area contributed by atoms with Crippen molar-refractivity contribution < 1.29 is 8.78 Å². The van der Waals surface area contributed by atoms with E-state index in [0.717, 1.165) is 37.7 Å². The summed E-state index contributed by atoms with van der Waals surface area (Å²) in [6.07, 6.45) is 3.01. The van der Waals surface area contributed by atoms with E-state index in [1.165, 1.54) is 10.6 Å². The molecule has 2 aromatic rings. The molecule has 0 amide bonds. The van der Waals surface area contributed by atoms with Gasteiger partial charge in [-0.2, -0.15) is 0 Å². The molecule has 1 aliphatic heterocycles. The summed E-state index contributed by atoms with van der Waals surface area (Å²) in [5, 5.41) is 2.86. The van der Waals surface area contributed by atoms with Crippen molar-refractivity contribution in [2.75, 3.05) is 5.32 Å². The molecule has 4 rings (SSSR count). The molecule has 5 nitrogen and oxygen atoms in total. The Morgan fingerprint density at radius 3 is 2.63 bits per heavy atom. The van der Waals surface area contributed by atoms with Gasteiger partial charge in [-0.05, 0) is 25.8 Å². The molecule has 0 spiro atoms. The van der Waals surface area contributed by atoms with Crippen LogP contribution >= 0.6 is 0 Å². The van der Waals surface area contributed by atoms with E-state index >= 15 is 0 Å². The number of fused-ring (bicyclic) bond motifs is 1. The molecule has 144 valence electrons. The second kappa shape index (κ2) is 6.94. The average molecular weight is 375 g/mol. The molecular formula is C20H23F2N3O2. The number of halogens is 2. The Morgan fingerprint density at radius 2 is 1.89 bits per heavy atom. The molecule has 0 saturated heterocycles. The molecule has 1 aromatic carbocycles. The topological polar surface area (TPSA) is 66.9 Å². The van der Waals surface area contributed by atoms with Crippen molar-refractivity contribution in [3.8, 4) is 0 Å². The molecule has 0 bridgehead atoms. The highest BCUT2D eigenvalue weighted by molar-refractivity contribution is 5.49. The van der Waals surface area contributed by atoms with Crippen molar-refractivity contribution in [2.24, 2.45) is 0 Å². The Kier molecular flexibility index (Phi) is 4.61. The molecule has 27 heavy (non-hydrogen) atoms. The van der Waals surface area contributed by atoms with Gasteiger partial charge in [-0.1, -0.05) is 37.0 Å². The van der Waals surface area contributed by atoms with Crippen molar-refractivity contribution >= 4 is 5.82 Å². The van der Waals surface area contributed by atoms with Gasteiger partial charge in [0.05, 0.1) is 11.6 Å². The van der Waals surface area contributed by atoms with Gasteiger partial charge >= 0.3 is 5.69 Å². The number of aromatic nitrogens is 2. The Hall–Kier alpha value is -2.44. The van der Waals surface area contributed by atoms with E-state index in [-0.39, 0.29) is 29.4 Å². The third-order valence-electron chi connectivity index (χ3n) is 5.72. The fourth-order valence-corrected chi connectivity index (χ4v) is 4.30. The second-order valence-electron chi connectivity index (χ2n) is 7.62. The molecule has 1 aliphatic carbocycles. The summed E-state index contributed by atoms with van der Waals surface area (Å²) in [5.41, 5.74) is 0.327. The van der Waals surface area contributed by atoms with Gasteiger partial charge in [-0.3, -0.25) is 14.3 Å². The molecule has 1 fully saturated rings. The summed E-state index contributed by atoms with van der Waals surface area (Å²) in [4.78, 5) is 28.2. The number of hydrogen-bond acceptors (Lipinski definition) is 3. The molecule has 2 N–H and O–H groups in total. The maximum atomic E-state index is 14.9. The fraction of sp³-hybridized carbons (Fsp3) is 0.500. The number of benzene rings is 1. The van der Waals surface area contributed by atoms with Gasteiger partial charge in [-0.15, -0.1) is 0 Å². The van der Waals surface area contributed by atoms with Crippen molar-refractivity contribution in [1.29, 1.82) is 0 Å². The maximum absolute atomic E-state index is 14.9. The first-order valence-electron chi connectivity index (χ1n) is 9.50. The van der Waals surface area contributed by atoms with E-state index in [1.54, 1.807) is 19.1 Å². The SMILES string of the molecule is Cc1ccc(F)c([C@@H]2Nc3[nH]c(=O)n(C4CCCCC4)c(=O)c3C[C@@H]2F)c1. The Morgan fingerprint density at radius 1 is 1.15 bits per heavy atom. The normalized spacial score (nSPS) is 22.9. The summed E-state index contributed by atoms with van der Waals surface area (Å²) in [6.45, 7) is 1.80. The van der Waals surface area contributed by atoms with Crippen molar-refractivity contribution in [3.05, 3.63) is 61.5 Å². The predicted molar refractivity (Wildman–Crippen MR) is 99.5 cm³/mol. The molecule has 0 unspecified atom stereocenters. The first kappa shape index (κ1) is 17.9. The van der Waals surface area contributed by atoms with Crippen LogP contribution in [-0.2, 0) is 6.42 Å². The summed E-state index contributed by atoms with van der Waals surface area (Å²) in [7, 11) is 0. The fourth-order valence-electron chi connectivity index (χ4n) is 4.30. The number of anilines is 1. The van der Waals surface area contributed by atoms with Gasteiger partial charge in [0.15, 0.2) is 0 Å². The van der Waals surface area contributed by atoms with E-state index in [9.17, 15) is 18.4 Å². The molecule has 0 radical (unpaired) electrons. The Balaban J connectivity index is 1.74. The lowest BCUT2D eigenvalue weighted by Crippen LogP contribution is -2.44. The van der Waals surface area contributed by atoms with Gasteiger partial charge in [0.2, 0.25) is 0 Å². The molecule has 2 atom stereocenters. The smallest absolute Gasteiger partial charge is 0.330 e. The first-order valence-corrected chi connectivity index (χ1v) is 9.50. The number of rotatable bonds is 2. The van der Waals surface area contributed by atoms with Gasteiger partial charge in [0.1, 0.15) is 17.8 Å². The van der Waals surface area contributed by atoms with E-state index in [2.05, 4.69) is 10.3 Å². The van der Waals surface area contributed by atoms with Crippen LogP contribution in [0.5, 0.6) is 0 Å². The average Bonchev–Trinajstić information content (AvgIpc) is 2.65. The van der Waals surface area contributed by atoms with E-state index in [1.807, 2.05) is 0 Å². The van der Waals surface area contributed by atoms with Crippen LogP contribution in [0.4, 0.5) is 14.6 Å². The van der Waals surface area contributed by atoms with Crippen LogP contribution in [0.25, 0.3) is 0 Å². The highest BCUT2D eigenvalue weighted by atomic mass is 19.1. The third kappa shape index (κ3) is 3.19. The van der Waals surface area contributed by atoms with Crippen LogP contribution in [-0.4, -0.2) is 15.7 Å². The third-order valence-corrected chi connectivity index (χ3v) is 5.72. The second-order valence-corrected chi connectivity index (χ2v) is 7.62. The summed E-state index contributed by atoms with van der Waals surface area (Å²) >= 11 is 0. The number of aromatic amines is 1. The zero-order chi connectivity index (χ0) is 19.1. The van der Waals surface area contributed by atoms with Crippen LogP contribution in [0.2, 0.25) is 0 Å². The van der Waals surface area contributed by atoms with Crippen LogP contribution in [0.1, 0.15) is 60.9 Å². The minimum absolute atomic E-state index is 0.134. The first-order chi connectivity index (χ1) is 13.0. The molecule has 1 aromatic heterocycles. The number of nitrogens with one attached hydrogen (secondary N) is 2. The van der Waals surface area contributed by atoms with Crippen LogP contribution < -0.4 is 16.6 Å². The Bertz CT molecular complexity index is 976. The van der Waals surface area contributed by atoms with Crippen LogP contribution in [0.3, 0.4) is 0 Å². The maximum Gasteiger partial charge on any atom is 0.330 e. The van der Waals surface area contributed by atoms with Crippen molar-refractivity contribution in [1.82, 2.24) is 9.55 Å². The zero-order valence-electron chi connectivity index (χ0n) is 15.2. The van der Waals surface area contributed by atoms with E-state index in [4.69, 9.17) is 0 Å². The number of aryl methyl sites for hydroxylation is 1.